The number of aliphatic hydroxyl groups is 1. The van der Waals surface area contributed by atoms with Crippen molar-refractivity contribution in [1.29, 1.82) is 0 Å². The van der Waals surface area contributed by atoms with Crippen LogP contribution in [-0.2, 0) is 4.79 Å². The molecule has 1 rings (SSSR count). The second-order valence-electron chi connectivity index (χ2n) is 3.29. The van der Waals surface area contributed by atoms with Gasteiger partial charge in [0, 0.05) is 5.56 Å². The molecule has 5 nitrogen and oxygen atoms in total. The average Bonchev–Trinajstić information content (AvgIpc) is 2.28. The maximum Gasteiger partial charge on any atom is 0.330 e. The lowest BCUT2D eigenvalue weighted by molar-refractivity contribution is -0.136. The van der Waals surface area contributed by atoms with E-state index in [0.29, 0.717) is 11.3 Å². The number of rotatable bonds is 4. The predicted octanol–water partition coefficient (Wildman–Crippen LogP) is 0.114. The van der Waals surface area contributed by atoms with Gasteiger partial charge >= 0.3 is 5.97 Å². The van der Waals surface area contributed by atoms with Gasteiger partial charge in [-0.15, -0.1) is 0 Å². The predicted molar refractivity (Wildman–Crippen MR) is 57.1 cm³/mol. The summed E-state index contributed by atoms with van der Waals surface area (Å²) >= 11 is 0. The second-order valence-corrected chi connectivity index (χ2v) is 3.29. The van der Waals surface area contributed by atoms with Crippen molar-refractivity contribution in [2.24, 2.45) is 5.73 Å². The highest BCUT2D eigenvalue weighted by Gasteiger charge is 2.14. The molecule has 5 heteroatoms. The SMILES string of the molecule is CC(=O)c1ccc(OC(=O)[C@H](N)CO)cc1. The van der Waals surface area contributed by atoms with Crippen molar-refractivity contribution in [2.45, 2.75) is 13.0 Å². The lowest BCUT2D eigenvalue weighted by Gasteiger charge is -2.08. The Morgan fingerprint density at radius 2 is 1.94 bits per heavy atom. The molecule has 0 amide bonds. The molecule has 0 bridgehead atoms. The molecule has 0 unspecified atom stereocenters. The lowest BCUT2D eigenvalue weighted by atomic mass is 10.1. The molecule has 0 spiro atoms. The number of nitrogens with two attached hydrogens (primary N) is 1. The fourth-order valence-corrected chi connectivity index (χ4v) is 1.02. The van der Waals surface area contributed by atoms with Gasteiger partial charge in [0.1, 0.15) is 11.8 Å². The van der Waals surface area contributed by atoms with E-state index < -0.39 is 18.6 Å². The van der Waals surface area contributed by atoms with E-state index in [0.717, 1.165) is 0 Å². The Labute approximate surface area is 92.8 Å². The molecule has 1 aromatic carbocycles. The van der Waals surface area contributed by atoms with Crippen molar-refractivity contribution in [3.05, 3.63) is 29.8 Å². The van der Waals surface area contributed by atoms with Crippen LogP contribution >= 0.6 is 0 Å². The Hall–Kier alpha value is -1.72. The van der Waals surface area contributed by atoms with E-state index in [1.807, 2.05) is 0 Å². The minimum atomic E-state index is -1.05. The minimum absolute atomic E-state index is 0.0649. The number of hydrogen-bond acceptors (Lipinski definition) is 5. The van der Waals surface area contributed by atoms with E-state index in [9.17, 15) is 9.59 Å². The first kappa shape index (κ1) is 12.4. The second kappa shape index (κ2) is 5.39. The summed E-state index contributed by atoms with van der Waals surface area (Å²) in [7, 11) is 0. The standard InChI is InChI=1S/C11H13NO4/c1-7(14)8-2-4-9(5-3-8)16-11(15)10(12)6-13/h2-5,10,13H,6,12H2,1H3/t10-/m1/s1. The van der Waals surface area contributed by atoms with Gasteiger partial charge in [-0.2, -0.15) is 0 Å². The molecule has 0 radical (unpaired) electrons. The van der Waals surface area contributed by atoms with E-state index in [1.54, 1.807) is 12.1 Å². The van der Waals surface area contributed by atoms with Crippen molar-refractivity contribution in [3.63, 3.8) is 0 Å². The molecule has 1 atom stereocenters. The normalized spacial score (nSPS) is 11.9. The molecule has 86 valence electrons. The van der Waals surface area contributed by atoms with Gasteiger partial charge in [0.05, 0.1) is 6.61 Å². The molecule has 0 fully saturated rings. The fourth-order valence-electron chi connectivity index (χ4n) is 1.02. The summed E-state index contributed by atoms with van der Waals surface area (Å²) < 4.78 is 4.87. The third-order valence-corrected chi connectivity index (χ3v) is 1.98. The zero-order chi connectivity index (χ0) is 12.1. The van der Waals surface area contributed by atoms with Gasteiger partial charge in [-0.25, -0.2) is 4.79 Å². The number of benzene rings is 1. The number of aliphatic hydroxyl groups excluding tert-OH is 1. The molecule has 0 saturated heterocycles. The highest BCUT2D eigenvalue weighted by molar-refractivity contribution is 5.94. The molecule has 0 saturated carbocycles. The Balaban J connectivity index is 2.69. The molecule has 0 aromatic heterocycles. The van der Waals surface area contributed by atoms with Gasteiger partial charge < -0.3 is 15.6 Å². The number of ketones is 1. The van der Waals surface area contributed by atoms with Gasteiger partial charge in [-0.3, -0.25) is 4.79 Å². The number of carbonyl (C=O) groups excluding carboxylic acids is 2. The van der Waals surface area contributed by atoms with Crippen LogP contribution in [0.3, 0.4) is 0 Å². The van der Waals surface area contributed by atoms with Crippen molar-refractivity contribution in [3.8, 4) is 5.75 Å². The first-order valence-corrected chi connectivity index (χ1v) is 4.73. The number of ether oxygens (including phenoxy) is 1. The highest BCUT2D eigenvalue weighted by atomic mass is 16.5. The van der Waals surface area contributed by atoms with Crippen molar-refractivity contribution in [1.82, 2.24) is 0 Å². The number of Topliss-reactive ketones (excluding diaryl/α,β-unsaturated/α-hetero) is 1. The zero-order valence-electron chi connectivity index (χ0n) is 8.84. The van der Waals surface area contributed by atoms with Gasteiger partial charge in [0.15, 0.2) is 5.78 Å². The first-order chi connectivity index (χ1) is 7.54. The van der Waals surface area contributed by atoms with Crippen LogP contribution in [0.5, 0.6) is 5.75 Å². The summed E-state index contributed by atoms with van der Waals surface area (Å²) in [5.74, 6) is -0.484. The number of hydrogen-bond donors (Lipinski definition) is 2. The van der Waals surface area contributed by atoms with E-state index in [1.165, 1.54) is 19.1 Å². The van der Waals surface area contributed by atoms with Crippen LogP contribution in [0.1, 0.15) is 17.3 Å². The Bertz CT molecular complexity index is 385. The topological polar surface area (TPSA) is 89.6 Å². The van der Waals surface area contributed by atoms with E-state index >= 15 is 0 Å². The highest BCUT2D eigenvalue weighted by Crippen LogP contribution is 2.13. The van der Waals surface area contributed by atoms with Crippen molar-refractivity contribution < 1.29 is 19.4 Å². The van der Waals surface area contributed by atoms with Crippen LogP contribution in [0, 0.1) is 0 Å². The summed E-state index contributed by atoms with van der Waals surface area (Å²) in [5.41, 5.74) is 5.80. The molecule has 0 aliphatic rings. The van der Waals surface area contributed by atoms with E-state index in [4.69, 9.17) is 15.6 Å². The van der Waals surface area contributed by atoms with Crippen LogP contribution < -0.4 is 10.5 Å². The molecule has 3 N–H and O–H groups in total. The first-order valence-electron chi connectivity index (χ1n) is 4.73. The third kappa shape index (κ3) is 3.15. The summed E-state index contributed by atoms with van der Waals surface area (Å²) in [4.78, 5) is 22.2. The maximum absolute atomic E-state index is 11.2. The largest absolute Gasteiger partial charge is 0.425 e. The summed E-state index contributed by atoms with van der Waals surface area (Å²) in [6.45, 7) is 0.979. The molecular weight excluding hydrogens is 210 g/mol. The summed E-state index contributed by atoms with van der Waals surface area (Å²) in [6, 6.07) is 5.05. The Morgan fingerprint density at radius 1 is 1.38 bits per heavy atom. The Kier molecular flexibility index (Phi) is 4.16. The molecular formula is C11H13NO4. The molecule has 0 aliphatic carbocycles. The van der Waals surface area contributed by atoms with Crippen molar-refractivity contribution >= 4 is 11.8 Å². The maximum atomic E-state index is 11.2. The van der Waals surface area contributed by atoms with Gasteiger partial charge in [-0.05, 0) is 31.2 Å². The van der Waals surface area contributed by atoms with Gasteiger partial charge in [0.25, 0.3) is 0 Å². The summed E-state index contributed by atoms with van der Waals surface area (Å²) in [6.07, 6.45) is 0. The Morgan fingerprint density at radius 3 is 2.38 bits per heavy atom. The van der Waals surface area contributed by atoms with Crippen LogP contribution in [0.25, 0.3) is 0 Å². The van der Waals surface area contributed by atoms with Crippen LogP contribution in [-0.4, -0.2) is 29.5 Å². The zero-order valence-corrected chi connectivity index (χ0v) is 8.84. The fraction of sp³-hybridized carbons (Fsp3) is 0.273. The van der Waals surface area contributed by atoms with Crippen LogP contribution in [0.4, 0.5) is 0 Å². The average molecular weight is 223 g/mol. The minimum Gasteiger partial charge on any atom is -0.425 e. The monoisotopic (exact) mass is 223 g/mol. The molecule has 0 heterocycles. The van der Waals surface area contributed by atoms with E-state index in [-0.39, 0.29) is 5.78 Å². The molecule has 16 heavy (non-hydrogen) atoms. The van der Waals surface area contributed by atoms with Gasteiger partial charge in [-0.1, -0.05) is 0 Å². The van der Waals surface area contributed by atoms with E-state index in [2.05, 4.69) is 0 Å². The quantitative estimate of drug-likeness (QED) is 0.429. The van der Waals surface area contributed by atoms with Crippen LogP contribution in [0.2, 0.25) is 0 Å². The molecule has 1 aromatic rings. The third-order valence-electron chi connectivity index (χ3n) is 1.98. The smallest absolute Gasteiger partial charge is 0.330 e. The lowest BCUT2D eigenvalue weighted by Crippen LogP contribution is -2.37. The van der Waals surface area contributed by atoms with Crippen molar-refractivity contribution in [2.75, 3.05) is 6.61 Å². The van der Waals surface area contributed by atoms with Gasteiger partial charge in [0.2, 0.25) is 0 Å². The number of esters is 1. The summed E-state index contributed by atoms with van der Waals surface area (Å²) in [5, 5.41) is 8.63. The van der Waals surface area contributed by atoms with Crippen LogP contribution in [0.15, 0.2) is 24.3 Å². The number of carbonyl (C=O) groups is 2. The molecule has 0 aliphatic heterocycles.